The van der Waals surface area contributed by atoms with Crippen LogP contribution in [0.4, 0.5) is 39.5 Å². The molecule has 0 aromatic rings. The van der Waals surface area contributed by atoms with Gasteiger partial charge in [-0.3, -0.25) is 0 Å². The number of hydrogen-bond donors (Lipinski definition) is 0. The van der Waals surface area contributed by atoms with Gasteiger partial charge in [-0.2, -0.15) is 39.5 Å². The molecule has 0 radical (unpaired) electrons. The van der Waals surface area contributed by atoms with E-state index in [4.69, 9.17) is 0 Å². The molecule has 0 rings (SSSR count). The number of hydrogen-bond acceptors (Lipinski definition) is 0. The van der Waals surface area contributed by atoms with Crippen molar-refractivity contribution in [2.24, 2.45) is 5.41 Å². The second kappa shape index (κ2) is 29.4. The van der Waals surface area contributed by atoms with Crippen LogP contribution in [0.25, 0.3) is 0 Å². The van der Waals surface area contributed by atoms with Gasteiger partial charge in [-0.15, -0.1) is 0 Å². The van der Waals surface area contributed by atoms with Gasteiger partial charge in [0.05, 0.1) is 0 Å². The van der Waals surface area contributed by atoms with Crippen molar-refractivity contribution < 1.29 is 39.5 Å². The van der Waals surface area contributed by atoms with Gasteiger partial charge in [-0.05, 0) is 13.3 Å². The number of rotatable bonds is 3. The molecule has 0 aromatic heterocycles. The lowest BCUT2D eigenvalue weighted by Gasteiger charge is -2.33. The average molecular weight is 485 g/mol. The molecule has 0 unspecified atom stereocenters. The topological polar surface area (TPSA) is 0 Å². The third-order valence-corrected chi connectivity index (χ3v) is 2.68. The van der Waals surface area contributed by atoms with Crippen molar-refractivity contribution in [1.29, 1.82) is 0 Å². The number of halogens is 9. The van der Waals surface area contributed by atoms with E-state index in [1.165, 1.54) is 6.42 Å². The van der Waals surface area contributed by atoms with Crippen LogP contribution in [-0.2, 0) is 0 Å². The van der Waals surface area contributed by atoms with Crippen LogP contribution in [0.3, 0.4) is 0 Å². The van der Waals surface area contributed by atoms with Crippen LogP contribution in [0.1, 0.15) is 122 Å². The number of alkyl halides is 9. The lowest BCUT2D eigenvalue weighted by molar-refractivity contribution is -0.336. The van der Waals surface area contributed by atoms with Gasteiger partial charge >= 0.3 is 18.5 Å². The highest BCUT2D eigenvalue weighted by molar-refractivity contribution is 4.88. The molecule has 0 saturated heterocycles. The van der Waals surface area contributed by atoms with Crippen molar-refractivity contribution in [3.8, 4) is 0 Å². The molecule has 0 atom stereocenters. The van der Waals surface area contributed by atoms with E-state index in [-0.39, 0.29) is 13.3 Å². The Kier molecular flexibility index (Phi) is 45.4. The Morgan fingerprint density at radius 3 is 0.806 bits per heavy atom. The van der Waals surface area contributed by atoms with E-state index in [1.807, 2.05) is 55.4 Å². The summed E-state index contributed by atoms with van der Waals surface area (Å²) in [7, 11) is 0. The molecule has 0 amide bonds. The first kappa shape index (κ1) is 48.0. The minimum Gasteiger partial charge on any atom is -0.171 e. The lowest BCUT2D eigenvalue weighted by Crippen LogP contribution is -2.47. The first-order valence-electron chi connectivity index (χ1n) is 11.2. The van der Waals surface area contributed by atoms with E-state index in [1.54, 1.807) is 6.92 Å². The zero-order valence-corrected chi connectivity index (χ0v) is 21.9. The smallest absolute Gasteiger partial charge is 0.171 e. The fourth-order valence-electron chi connectivity index (χ4n) is 0.975. The highest BCUT2D eigenvalue weighted by Crippen LogP contribution is 2.52. The molecular weight excluding hydrogens is 435 g/mol. The van der Waals surface area contributed by atoms with Crippen molar-refractivity contribution in [3.05, 3.63) is 0 Å². The molecule has 0 aliphatic carbocycles. The summed E-state index contributed by atoms with van der Waals surface area (Å²) in [5.74, 6) is 0. The molecule has 0 aliphatic rings. The summed E-state index contributed by atoms with van der Waals surface area (Å²) < 4.78 is 106. The van der Waals surface area contributed by atoms with E-state index in [2.05, 4.69) is 13.8 Å². The zero-order valence-electron chi connectivity index (χ0n) is 21.9. The normalized spacial score (nSPS) is 10.3. The Hall–Kier alpha value is -0.630. The third kappa shape index (κ3) is 34.2. The standard InChI is InChI=1S/C8H12F6.C3H5F3.C3H8.4C2H6/c1-3-4-5-6(2,7(9,10)11)8(12,13)14;1-2-3(4,5)6;1-3-2;4*1-2/h3-5H2,1-2H3;2H2,1H3;3H2,1-2H3;4*1-2H3. The minimum absolute atomic E-state index is 0.0878. The highest BCUT2D eigenvalue weighted by atomic mass is 19.4. The van der Waals surface area contributed by atoms with Crippen LogP contribution in [0, 0.1) is 5.41 Å². The Morgan fingerprint density at radius 2 is 0.710 bits per heavy atom. The van der Waals surface area contributed by atoms with Gasteiger partial charge in [0, 0.05) is 6.42 Å². The van der Waals surface area contributed by atoms with Crippen LogP contribution in [-0.4, -0.2) is 18.5 Å². The van der Waals surface area contributed by atoms with E-state index in [0.717, 1.165) is 6.92 Å². The van der Waals surface area contributed by atoms with Crippen molar-refractivity contribution in [2.75, 3.05) is 0 Å². The summed E-state index contributed by atoms with van der Waals surface area (Å²) in [6, 6.07) is 0. The zero-order chi connectivity index (χ0) is 27.5. The van der Waals surface area contributed by atoms with Gasteiger partial charge in [0.15, 0.2) is 5.41 Å². The molecule has 31 heavy (non-hydrogen) atoms. The van der Waals surface area contributed by atoms with E-state index >= 15 is 0 Å². The summed E-state index contributed by atoms with van der Waals surface area (Å²) in [4.78, 5) is 0. The molecule has 0 fully saturated rings. The predicted molar refractivity (Wildman–Crippen MR) is 117 cm³/mol. The van der Waals surface area contributed by atoms with E-state index < -0.39 is 36.8 Å². The van der Waals surface area contributed by atoms with Gasteiger partial charge in [-0.25, -0.2) is 0 Å². The summed E-state index contributed by atoms with van der Waals surface area (Å²) in [5.41, 5.74) is -3.57. The molecule has 200 valence electrons. The van der Waals surface area contributed by atoms with Gasteiger partial charge in [-0.1, -0.05) is 102 Å². The third-order valence-electron chi connectivity index (χ3n) is 2.68. The molecule has 0 saturated carbocycles. The van der Waals surface area contributed by atoms with Crippen LogP contribution in [0.15, 0.2) is 0 Å². The Labute approximate surface area is 186 Å². The van der Waals surface area contributed by atoms with Gasteiger partial charge < -0.3 is 0 Å². The molecular formula is C22H49F9. The molecule has 0 aromatic carbocycles. The van der Waals surface area contributed by atoms with Crippen LogP contribution in [0.5, 0.6) is 0 Å². The first-order chi connectivity index (χ1) is 14.0. The Balaban J connectivity index is -0.0000000564. The van der Waals surface area contributed by atoms with Crippen LogP contribution >= 0.6 is 0 Å². The van der Waals surface area contributed by atoms with Crippen LogP contribution in [0.2, 0.25) is 0 Å². The SMILES string of the molecule is CC.CC.CC.CC.CCC.CCC(F)(F)F.CCCCC(C)(C(F)(F)F)C(F)(F)F. The summed E-state index contributed by atoms with van der Waals surface area (Å²) in [5, 5.41) is 0. The largest absolute Gasteiger partial charge is 0.402 e. The van der Waals surface area contributed by atoms with Crippen molar-refractivity contribution in [3.63, 3.8) is 0 Å². The first-order valence-corrected chi connectivity index (χ1v) is 11.2. The molecule has 0 aliphatic heterocycles. The highest BCUT2D eigenvalue weighted by Gasteiger charge is 2.66. The maximum absolute atomic E-state index is 12.2. The summed E-state index contributed by atoms with van der Waals surface area (Å²) in [6.07, 6.45) is -14.6. The molecule has 9 heteroatoms. The second-order valence-corrected chi connectivity index (χ2v) is 5.11. The molecule has 0 N–H and O–H groups in total. The van der Waals surface area contributed by atoms with E-state index in [9.17, 15) is 39.5 Å². The van der Waals surface area contributed by atoms with Crippen molar-refractivity contribution in [1.82, 2.24) is 0 Å². The van der Waals surface area contributed by atoms with E-state index in [0.29, 0.717) is 6.42 Å². The van der Waals surface area contributed by atoms with Gasteiger partial charge in [0.25, 0.3) is 0 Å². The average Bonchev–Trinajstić information content (AvgIpc) is 2.71. The van der Waals surface area contributed by atoms with Gasteiger partial charge in [0.1, 0.15) is 0 Å². The Morgan fingerprint density at radius 1 is 0.516 bits per heavy atom. The lowest BCUT2D eigenvalue weighted by atomic mass is 9.83. The van der Waals surface area contributed by atoms with Crippen molar-refractivity contribution in [2.45, 2.75) is 141 Å². The fourth-order valence-corrected chi connectivity index (χ4v) is 0.975. The fraction of sp³-hybridized carbons (Fsp3) is 1.00. The molecule has 0 nitrogen and oxygen atoms in total. The summed E-state index contributed by atoms with van der Waals surface area (Å²) >= 11 is 0. The second-order valence-electron chi connectivity index (χ2n) is 5.11. The number of unbranched alkanes of at least 4 members (excludes halogenated alkanes) is 1. The minimum atomic E-state index is -5.24. The molecule has 0 bridgehead atoms. The summed E-state index contributed by atoms with van der Waals surface area (Å²) in [6.45, 7) is 23.1. The predicted octanol–water partition coefficient (Wildman–Crippen LogP) is 11.8. The Bertz CT molecular complexity index is 264. The maximum Gasteiger partial charge on any atom is 0.402 e. The monoisotopic (exact) mass is 484 g/mol. The van der Waals surface area contributed by atoms with Crippen LogP contribution < -0.4 is 0 Å². The van der Waals surface area contributed by atoms with Gasteiger partial charge in [0.2, 0.25) is 0 Å². The quantitative estimate of drug-likeness (QED) is 0.349. The maximum atomic E-state index is 12.2. The molecule has 0 heterocycles. The van der Waals surface area contributed by atoms with Crippen molar-refractivity contribution >= 4 is 0 Å². The molecule has 0 spiro atoms.